The number of amides is 2. The third-order valence-corrected chi connectivity index (χ3v) is 4.50. The molecular weight excluding hydrogens is 386 g/mol. The fourth-order valence-corrected chi connectivity index (χ4v) is 2.98. The van der Waals surface area contributed by atoms with E-state index in [2.05, 4.69) is 5.32 Å². The monoisotopic (exact) mass is 411 g/mol. The molecule has 0 aliphatic heterocycles. The molecule has 8 heteroatoms. The number of aryl methyl sites for hydroxylation is 1. The van der Waals surface area contributed by atoms with Crippen LogP contribution in [0.2, 0.25) is 0 Å². The van der Waals surface area contributed by atoms with E-state index in [1.54, 1.807) is 33.9 Å². The number of nitrogens with one attached hydrogen (secondary N) is 1. The van der Waals surface area contributed by atoms with E-state index in [0.717, 1.165) is 16.7 Å². The number of alkyl carbamates (subject to hydrolysis) is 1. The summed E-state index contributed by atoms with van der Waals surface area (Å²) in [6.45, 7) is 5.13. The molecule has 0 saturated heterocycles. The Morgan fingerprint density at radius 1 is 1.13 bits per heavy atom. The minimum absolute atomic E-state index is 0.268. The maximum Gasteiger partial charge on any atom is 0.419 e. The lowest BCUT2D eigenvalue weighted by Gasteiger charge is -2.20. The van der Waals surface area contributed by atoms with Gasteiger partial charge in [0.05, 0.1) is 11.6 Å². The number of carbonyl (C=O) groups excluding carboxylic acids is 2. The van der Waals surface area contributed by atoms with Gasteiger partial charge in [-0.15, -0.1) is 0 Å². The summed E-state index contributed by atoms with van der Waals surface area (Å²) in [5.41, 5.74) is 9.20. The molecule has 1 heterocycles. The predicted octanol–water partition coefficient (Wildman–Crippen LogP) is 2.72. The van der Waals surface area contributed by atoms with Gasteiger partial charge in [0.2, 0.25) is 5.91 Å². The maximum atomic E-state index is 12.1. The number of carbonyl (C=O) groups is 2. The fraction of sp³-hybridized carbons (Fsp3) is 0.318. The molecule has 2 aromatic carbocycles. The smallest absolute Gasteiger partial charge is 0.419 e. The van der Waals surface area contributed by atoms with Crippen LogP contribution in [-0.2, 0) is 23.0 Å². The van der Waals surface area contributed by atoms with Crippen LogP contribution in [0.4, 0.5) is 4.79 Å². The lowest BCUT2D eigenvalue weighted by Crippen LogP contribution is -2.46. The lowest BCUT2D eigenvalue weighted by atomic mass is 10.0. The molecule has 0 spiro atoms. The molecule has 0 aliphatic carbocycles. The zero-order valence-electron chi connectivity index (χ0n) is 17.4. The van der Waals surface area contributed by atoms with Crippen molar-refractivity contribution in [1.82, 2.24) is 9.88 Å². The zero-order valence-corrected chi connectivity index (χ0v) is 17.4. The van der Waals surface area contributed by atoms with Crippen molar-refractivity contribution in [2.75, 3.05) is 0 Å². The van der Waals surface area contributed by atoms with Gasteiger partial charge in [0.25, 0.3) is 0 Å². The molecule has 8 nitrogen and oxygen atoms in total. The summed E-state index contributed by atoms with van der Waals surface area (Å²) >= 11 is 0. The molecule has 2 amide bonds. The van der Waals surface area contributed by atoms with E-state index in [9.17, 15) is 14.4 Å². The van der Waals surface area contributed by atoms with Gasteiger partial charge in [-0.1, -0.05) is 30.3 Å². The van der Waals surface area contributed by atoms with Crippen LogP contribution in [0.1, 0.15) is 26.3 Å². The highest BCUT2D eigenvalue weighted by Gasteiger charge is 2.21. The largest absolute Gasteiger partial charge is 0.444 e. The van der Waals surface area contributed by atoms with Gasteiger partial charge in [-0.05, 0) is 56.0 Å². The van der Waals surface area contributed by atoms with E-state index in [-0.39, 0.29) is 6.42 Å². The third kappa shape index (κ3) is 4.96. The number of aromatic nitrogens is 1. The quantitative estimate of drug-likeness (QED) is 0.682. The van der Waals surface area contributed by atoms with Crippen molar-refractivity contribution in [2.24, 2.45) is 12.8 Å². The van der Waals surface area contributed by atoms with Gasteiger partial charge in [-0.2, -0.15) is 0 Å². The fourth-order valence-electron chi connectivity index (χ4n) is 2.98. The van der Waals surface area contributed by atoms with Gasteiger partial charge in [0.1, 0.15) is 5.60 Å². The summed E-state index contributed by atoms with van der Waals surface area (Å²) in [6, 6.07) is 12.2. The molecule has 0 bridgehead atoms. The Morgan fingerprint density at radius 3 is 2.40 bits per heavy atom. The van der Waals surface area contributed by atoms with Gasteiger partial charge >= 0.3 is 11.8 Å². The second kappa shape index (κ2) is 8.16. The Labute approximate surface area is 173 Å². The highest BCUT2D eigenvalue weighted by molar-refractivity contribution is 5.95. The lowest BCUT2D eigenvalue weighted by molar-refractivity contribution is -0.121. The first-order valence-electron chi connectivity index (χ1n) is 9.52. The van der Waals surface area contributed by atoms with Gasteiger partial charge in [-0.3, -0.25) is 14.7 Å². The molecule has 0 radical (unpaired) electrons. The topological polar surface area (TPSA) is 117 Å². The first-order chi connectivity index (χ1) is 14.0. The van der Waals surface area contributed by atoms with Crippen molar-refractivity contribution >= 4 is 23.1 Å². The average molecular weight is 411 g/mol. The molecule has 1 aromatic heterocycles. The molecule has 30 heavy (non-hydrogen) atoms. The average Bonchev–Trinajstić information content (AvgIpc) is 2.94. The molecule has 3 aromatic rings. The standard InChI is InChI=1S/C22H25N3O5/c1-22(2,3)30-20(27)24-19(26)16(23)11-13-5-7-14(8-6-13)15-9-10-18-17(12-15)25(4)21(28)29-18/h5-10,12,16H,11,23H2,1-4H3,(H,24,26,27)/t16-/m0/s1. The van der Waals surface area contributed by atoms with Gasteiger partial charge < -0.3 is 14.9 Å². The van der Waals surface area contributed by atoms with Crippen molar-refractivity contribution in [3.8, 4) is 11.1 Å². The molecule has 3 N–H and O–H groups in total. The molecule has 158 valence electrons. The van der Waals surface area contributed by atoms with Crippen molar-refractivity contribution in [3.63, 3.8) is 0 Å². The van der Waals surface area contributed by atoms with Crippen LogP contribution in [0, 0.1) is 0 Å². The number of hydrogen-bond donors (Lipinski definition) is 2. The summed E-state index contributed by atoms with van der Waals surface area (Å²) in [4.78, 5) is 35.5. The van der Waals surface area contributed by atoms with E-state index >= 15 is 0 Å². The molecule has 1 atom stereocenters. The van der Waals surface area contributed by atoms with Crippen LogP contribution >= 0.6 is 0 Å². The highest BCUT2D eigenvalue weighted by Crippen LogP contribution is 2.24. The van der Waals surface area contributed by atoms with Gasteiger partial charge in [0.15, 0.2) is 5.58 Å². The minimum atomic E-state index is -0.889. The number of nitrogens with two attached hydrogens (primary N) is 1. The number of fused-ring (bicyclic) bond motifs is 1. The van der Waals surface area contributed by atoms with Crippen molar-refractivity contribution < 1.29 is 18.7 Å². The molecule has 0 aliphatic rings. The van der Waals surface area contributed by atoms with Gasteiger partial charge in [0, 0.05) is 7.05 Å². The Balaban J connectivity index is 1.67. The van der Waals surface area contributed by atoms with Crippen LogP contribution in [0.5, 0.6) is 0 Å². The van der Waals surface area contributed by atoms with Crippen molar-refractivity contribution in [2.45, 2.75) is 38.8 Å². The van der Waals surface area contributed by atoms with E-state index in [4.69, 9.17) is 14.9 Å². The van der Waals surface area contributed by atoms with Crippen molar-refractivity contribution in [3.05, 3.63) is 58.6 Å². The van der Waals surface area contributed by atoms with E-state index < -0.39 is 29.4 Å². The Morgan fingerprint density at radius 2 is 1.77 bits per heavy atom. The van der Waals surface area contributed by atoms with Crippen LogP contribution in [0.3, 0.4) is 0 Å². The van der Waals surface area contributed by atoms with Crippen LogP contribution in [-0.4, -0.2) is 28.2 Å². The third-order valence-electron chi connectivity index (χ3n) is 4.50. The number of imide groups is 1. The predicted molar refractivity (Wildman–Crippen MR) is 113 cm³/mol. The number of rotatable bonds is 4. The second-order valence-electron chi connectivity index (χ2n) is 8.11. The Hall–Kier alpha value is -3.39. The Kier molecular flexibility index (Phi) is 5.80. The molecule has 0 unspecified atom stereocenters. The first kappa shape index (κ1) is 21.3. The van der Waals surface area contributed by atoms with E-state index in [0.29, 0.717) is 11.1 Å². The SMILES string of the molecule is Cn1c(=O)oc2ccc(-c3ccc(C[C@H](N)C(=O)NC(=O)OC(C)(C)C)cc3)cc21. The van der Waals surface area contributed by atoms with Crippen LogP contribution in [0.25, 0.3) is 22.2 Å². The van der Waals surface area contributed by atoms with Gasteiger partial charge in [-0.25, -0.2) is 9.59 Å². The molecule has 0 fully saturated rings. The Bertz CT molecular complexity index is 1140. The minimum Gasteiger partial charge on any atom is -0.444 e. The molecular formula is C22H25N3O5. The zero-order chi connectivity index (χ0) is 22.1. The number of oxazole rings is 1. The van der Waals surface area contributed by atoms with Crippen LogP contribution in [0.15, 0.2) is 51.7 Å². The summed E-state index contributed by atoms with van der Waals surface area (Å²) in [7, 11) is 1.66. The summed E-state index contributed by atoms with van der Waals surface area (Å²) in [5.74, 6) is -1.00. The highest BCUT2D eigenvalue weighted by atomic mass is 16.6. The maximum absolute atomic E-state index is 12.1. The second-order valence-corrected chi connectivity index (χ2v) is 8.11. The number of ether oxygens (including phenoxy) is 1. The number of hydrogen-bond acceptors (Lipinski definition) is 6. The molecule has 0 saturated carbocycles. The van der Waals surface area contributed by atoms with E-state index in [1.807, 2.05) is 36.4 Å². The summed E-state index contributed by atoms with van der Waals surface area (Å²) in [6.07, 6.45) is -0.549. The van der Waals surface area contributed by atoms with Crippen LogP contribution < -0.4 is 16.8 Å². The number of benzene rings is 2. The first-order valence-corrected chi connectivity index (χ1v) is 9.52. The number of nitrogens with zero attached hydrogens (tertiary/aromatic N) is 1. The van der Waals surface area contributed by atoms with E-state index in [1.165, 1.54) is 4.57 Å². The summed E-state index contributed by atoms with van der Waals surface area (Å²) in [5, 5.41) is 2.16. The summed E-state index contributed by atoms with van der Waals surface area (Å²) < 4.78 is 11.7. The van der Waals surface area contributed by atoms with Crippen molar-refractivity contribution in [1.29, 1.82) is 0 Å². The normalized spacial score (nSPS) is 12.6. The molecule has 3 rings (SSSR count).